The molecule has 4 nitrogen and oxygen atoms in total. The molecule has 0 aliphatic rings. The smallest absolute Gasteiger partial charge is 0.307 e. The van der Waals surface area contributed by atoms with E-state index in [1.54, 1.807) is 7.11 Å². The molecule has 0 bridgehead atoms. The highest BCUT2D eigenvalue weighted by Gasteiger charge is 2.08. The van der Waals surface area contributed by atoms with Crippen molar-refractivity contribution in [1.82, 2.24) is 0 Å². The van der Waals surface area contributed by atoms with Crippen LogP contribution in [0.15, 0.2) is 48.8 Å². The fourth-order valence-electron chi connectivity index (χ4n) is 3.05. The Labute approximate surface area is 176 Å². The van der Waals surface area contributed by atoms with Gasteiger partial charge in [0, 0.05) is 19.8 Å². The molecule has 0 aromatic heterocycles. The Morgan fingerprint density at radius 1 is 1.10 bits per heavy atom. The van der Waals surface area contributed by atoms with Gasteiger partial charge in [-0.15, -0.1) is 0 Å². The van der Waals surface area contributed by atoms with Gasteiger partial charge in [0.25, 0.3) is 0 Å². The lowest BCUT2D eigenvalue weighted by atomic mass is 10.1. The average molecular weight is 403 g/mol. The van der Waals surface area contributed by atoms with Crippen LogP contribution < -0.4 is 4.74 Å². The summed E-state index contributed by atoms with van der Waals surface area (Å²) in [4.78, 5) is 11.0. The van der Waals surface area contributed by atoms with Crippen molar-refractivity contribution in [3.63, 3.8) is 0 Å². The topological polar surface area (TPSA) is 44.8 Å². The van der Waals surface area contributed by atoms with E-state index in [0.717, 1.165) is 18.6 Å². The van der Waals surface area contributed by atoms with Gasteiger partial charge in [0.05, 0.1) is 19.8 Å². The summed E-state index contributed by atoms with van der Waals surface area (Å²) in [6, 6.07) is 8.06. The molecule has 0 aliphatic heterocycles. The zero-order valence-electron chi connectivity index (χ0n) is 18.5. The maximum absolute atomic E-state index is 11.0. The Kier molecular flexibility index (Phi) is 13.6. The van der Waals surface area contributed by atoms with Gasteiger partial charge in [-0.1, -0.05) is 69.9 Å². The van der Waals surface area contributed by atoms with Crippen molar-refractivity contribution >= 4 is 5.97 Å². The Hall–Kier alpha value is -2.07. The third-order valence-electron chi connectivity index (χ3n) is 4.67. The lowest BCUT2D eigenvalue weighted by Crippen LogP contribution is -2.15. The van der Waals surface area contributed by atoms with Crippen LogP contribution in [0.25, 0.3) is 0 Å². The standard InChI is InChI=1S/C25H38O4/c1-5-6-7-8-9-10-11-12-13-25(28-19-18-21(2)29-22(3)26)20-23-14-16-24(27-4)17-15-23/h12-17,25H,2,5-11,18-20H2,1,3-4H3/b13-12+. The van der Waals surface area contributed by atoms with E-state index in [0.29, 0.717) is 18.8 Å². The van der Waals surface area contributed by atoms with Crippen LogP contribution in [0.2, 0.25) is 0 Å². The summed E-state index contributed by atoms with van der Waals surface area (Å²) in [5.41, 5.74) is 1.19. The fourth-order valence-corrected chi connectivity index (χ4v) is 3.05. The van der Waals surface area contributed by atoms with Gasteiger partial charge in [0.15, 0.2) is 0 Å². The highest BCUT2D eigenvalue weighted by atomic mass is 16.5. The lowest BCUT2D eigenvalue weighted by molar-refractivity contribution is -0.137. The predicted molar refractivity (Wildman–Crippen MR) is 119 cm³/mol. The van der Waals surface area contributed by atoms with Crippen LogP contribution in [0.3, 0.4) is 0 Å². The first kappa shape index (κ1) is 25.0. The van der Waals surface area contributed by atoms with E-state index in [1.165, 1.54) is 51.0 Å². The minimum Gasteiger partial charge on any atom is -0.497 e. The molecule has 0 heterocycles. The molecule has 0 saturated carbocycles. The molecule has 1 atom stereocenters. The minimum absolute atomic E-state index is 0.0198. The molecular formula is C25H38O4. The van der Waals surface area contributed by atoms with Crippen LogP contribution in [0.1, 0.15) is 70.8 Å². The lowest BCUT2D eigenvalue weighted by Gasteiger charge is -2.15. The van der Waals surface area contributed by atoms with Crippen LogP contribution in [-0.4, -0.2) is 25.8 Å². The first-order valence-corrected chi connectivity index (χ1v) is 10.8. The van der Waals surface area contributed by atoms with Crippen molar-refractivity contribution in [3.8, 4) is 5.75 Å². The third kappa shape index (κ3) is 12.9. The number of methoxy groups -OCH3 is 1. The molecule has 0 spiro atoms. The van der Waals surface area contributed by atoms with Gasteiger partial charge in [-0.3, -0.25) is 4.79 Å². The van der Waals surface area contributed by atoms with Gasteiger partial charge >= 0.3 is 5.97 Å². The van der Waals surface area contributed by atoms with Crippen molar-refractivity contribution in [2.75, 3.05) is 13.7 Å². The van der Waals surface area contributed by atoms with Crippen LogP contribution in [0.5, 0.6) is 5.75 Å². The number of benzene rings is 1. The molecule has 0 N–H and O–H groups in total. The van der Waals surface area contributed by atoms with E-state index in [1.807, 2.05) is 12.1 Å². The van der Waals surface area contributed by atoms with Crippen LogP contribution in [-0.2, 0) is 20.7 Å². The van der Waals surface area contributed by atoms with Crippen LogP contribution >= 0.6 is 0 Å². The number of hydrogen-bond acceptors (Lipinski definition) is 4. The minimum atomic E-state index is -0.344. The molecule has 1 aromatic rings. The monoisotopic (exact) mass is 402 g/mol. The molecular weight excluding hydrogens is 364 g/mol. The van der Waals surface area contributed by atoms with Gasteiger partial charge in [0.2, 0.25) is 0 Å². The average Bonchev–Trinajstić information content (AvgIpc) is 2.69. The fraction of sp³-hybridized carbons (Fsp3) is 0.560. The zero-order chi connectivity index (χ0) is 21.3. The van der Waals surface area contributed by atoms with Crippen molar-refractivity contribution in [1.29, 1.82) is 0 Å². The number of unbranched alkanes of at least 4 members (excludes halogenated alkanes) is 6. The van der Waals surface area contributed by atoms with Gasteiger partial charge in [-0.05, 0) is 30.5 Å². The number of allylic oxidation sites excluding steroid dienone is 1. The van der Waals surface area contributed by atoms with E-state index >= 15 is 0 Å². The summed E-state index contributed by atoms with van der Waals surface area (Å²) >= 11 is 0. The van der Waals surface area contributed by atoms with Gasteiger partial charge in [0.1, 0.15) is 11.5 Å². The summed E-state index contributed by atoms with van der Waals surface area (Å²) in [7, 11) is 1.67. The normalized spacial score (nSPS) is 12.1. The summed E-state index contributed by atoms with van der Waals surface area (Å²) in [6.07, 6.45) is 14.5. The molecule has 29 heavy (non-hydrogen) atoms. The second-order valence-corrected chi connectivity index (χ2v) is 7.33. The third-order valence-corrected chi connectivity index (χ3v) is 4.67. The second kappa shape index (κ2) is 15.8. The summed E-state index contributed by atoms with van der Waals surface area (Å²) < 4.78 is 16.3. The number of carbonyl (C=O) groups is 1. The number of ether oxygens (including phenoxy) is 3. The predicted octanol–water partition coefficient (Wildman–Crippen LogP) is 6.40. The highest BCUT2D eigenvalue weighted by molar-refractivity contribution is 5.67. The molecule has 0 fully saturated rings. The van der Waals surface area contributed by atoms with E-state index in [9.17, 15) is 4.79 Å². The van der Waals surface area contributed by atoms with E-state index < -0.39 is 0 Å². The number of hydrogen-bond donors (Lipinski definition) is 0. The molecule has 162 valence electrons. The largest absolute Gasteiger partial charge is 0.497 e. The first-order valence-electron chi connectivity index (χ1n) is 10.8. The molecule has 0 aliphatic carbocycles. The molecule has 0 amide bonds. The van der Waals surface area contributed by atoms with Crippen molar-refractivity contribution in [2.24, 2.45) is 0 Å². The van der Waals surface area contributed by atoms with E-state index in [-0.39, 0.29) is 12.1 Å². The van der Waals surface area contributed by atoms with Gasteiger partial charge in [-0.25, -0.2) is 0 Å². The van der Waals surface area contributed by atoms with Crippen molar-refractivity contribution < 1.29 is 19.0 Å². The van der Waals surface area contributed by atoms with E-state index in [4.69, 9.17) is 14.2 Å². The second-order valence-electron chi connectivity index (χ2n) is 7.33. The Bertz CT molecular complexity index is 604. The summed E-state index contributed by atoms with van der Waals surface area (Å²) in [5.74, 6) is 0.947. The van der Waals surface area contributed by atoms with E-state index in [2.05, 4.69) is 37.8 Å². The molecule has 0 radical (unpaired) electrons. The molecule has 4 heteroatoms. The summed E-state index contributed by atoms with van der Waals surface area (Å²) in [5, 5.41) is 0. The quantitative estimate of drug-likeness (QED) is 0.139. The van der Waals surface area contributed by atoms with Crippen molar-refractivity contribution in [2.45, 2.75) is 77.7 Å². The zero-order valence-corrected chi connectivity index (χ0v) is 18.5. The number of esters is 1. The Balaban J connectivity index is 2.49. The SMILES string of the molecule is C=C(CCOC(/C=C/CCCCCCCC)Cc1ccc(OC)cc1)OC(C)=O. The molecule has 1 aromatic carbocycles. The molecule has 1 rings (SSSR count). The Morgan fingerprint density at radius 2 is 1.79 bits per heavy atom. The maximum atomic E-state index is 11.0. The highest BCUT2D eigenvalue weighted by Crippen LogP contribution is 2.15. The van der Waals surface area contributed by atoms with Gasteiger partial charge < -0.3 is 14.2 Å². The summed E-state index contributed by atoms with van der Waals surface area (Å²) in [6.45, 7) is 7.85. The van der Waals surface area contributed by atoms with Gasteiger partial charge in [-0.2, -0.15) is 0 Å². The van der Waals surface area contributed by atoms with Crippen LogP contribution in [0.4, 0.5) is 0 Å². The molecule has 1 unspecified atom stereocenters. The molecule has 0 saturated heterocycles. The number of rotatable bonds is 16. The Morgan fingerprint density at radius 3 is 2.45 bits per heavy atom. The van der Waals surface area contributed by atoms with Crippen molar-refractivity contribution in [3.05, 3.63) is 54.3 Å². The van der Waals surface area contributed by atoms with Crippen LogP contribution in [0, 0.1) is 0 Å². The first-order chi connectivity index (χ1) is 14.0. The number of carbonyl (C=O) groups excluding carboxylic acids is 1. The maximum Gasteiger partial charge on any atom is 0.307 e.